The molecule has 0 aromatic heterocycles. The van der Waals surface area contributed by atoms with Gasteiger partial charge in [0.25, 0.3) is 0 Å². The zero-order chi connectivity index (χ0) is 14.4. The van der Waals surface area contributed by atoms with Crippen LogP contribution in [0.3, 0.4) is 0 Å². The largest absolute Gasteiger partial charge is 0.378 e. The Hall–Kier alpha value is -1.87. The molecule has 5 nitrogen and oxygen atoms in total. The smallest absolute Gasteiger partial charge is 0.237 e. The van der Waals surface area contributed by atoms with Crippen molar-refractivity contribution in [2.75, 3.05) is 26.3 Å². The summed E-state index contributed by atoms with van der Waals surface area (Å²) in [7, 11) is 0. The van der Waals surface area contributed by atoms with Crippen molar-refractivity contribution in [3.63, 3.8) is 0 Å². The van der Waals surface area contributed by atoms with Gasteiger partial charge in [0.05, 0.1) is 19.8 Å². The first-order valence-electron chi connectivity index (χ1n) is 6.60. The number of morpholine rings is 1. The summed E-state index contributed by atoms with van der Waals surface area (Å²) in [5, 5.41) is 0. The van der Waals surface area contributed by atoms with Crippen molar-refractivity contribution in [1.29, 1.82) is 0 Å². The Balaban J connectivity index is 2.18. The summed E-state index contributed by atoms with van der Waals surface area (Å²) in [6.07, 6.45) is 0. The van der Waals surface area contributed by atoms with Gasteiger partial charge in [0.15, 0.2) is 0 Å². The molecule has 5 heteroatoms. The maximum atomic E-state index is 11.5. The predicted molar refractivity (Wildman–Crippen MR) is 76.6 cm³/mol. The summed E-state index contributed by atoms with van der Waals surface area (Å²) in [5.41, 5.74) is 12.8. The number of amides is 1. The van der Waals surface area contributed by atoms with Crippen molar-refractivity contribution in [2.24, 2.45) is 11.5 Å². The molecule has 1 aliphatic heterocycles. The highest BCUT2D eigenvalue weighted by atomic mass is 16.5. The van der Waals surface area contributed by atoms with E-state index in [-0.39, 0.29) is 11.9 Å². The molecule has 106 valence electrons. The minimum Gasteiger partial charge on any atom is -0.378 e. The lowest BCUT2D eigenvalue weighted by Gasteiger charge is -2.33. The lowest BCUT2D eigenvalue weighted by atomic mass is 10.1. The lowest BCUT2D eigenvalue weighted by molar-refractivity contribution is -0.129. The van der Waals surface area contributed by atoms with Crippen LogP contribution in [0.5, 0.6) is 0 Å². The van der Waals surface area contributed by atoms with Crippen LogP contribution < -0.4 is 11.5 Å². The fourth-order valence-corrected chi connectivity index (χ4v) is 2.23. The molecule has 2 rings (SSSR count). The Kier molecular flexibility index (Phi) is 5.13. The molecular formula is C15H19N3O2. The van der Waals surface area contributed by atoms with E-state index in [1.54, 1.807) is 0 Å². The number of benzene rings is 1. The minimum atomic E-state index is -0.376. The quantitative estimate of drug-likeness (QED) is 0.740. The minimum absolute atomic E-state index is 0.329. The standard InChI is InChI=1S/C15H19N3O2/c16-7-3-6-12-4-1-2-5-13(12)10-18-8-9-20-11-14(18)15(17)19/h1-2,4-5,14H,7-11,16H2,(H2,17,19). The van der Waals surface area contributed by atoms with Crippen molar-refractivity contribution in [2.45, 2.75) is 12.6 Å². The summed E-state index contributed by atoms with van der Waals surface area (Å²) in [4.78, 5) is 13.5. The van der Waals surface area contributed by atoms with Crippen LogP contribution in [0.25, 0.3) is 0 Å². The molecule has 1 saturated heterocycles. The van der Waals surface area contributed by atoms with E-state index in [2.05, 4.69) is 11.8 Å². The molecular weight excluding hydrogens is 254 g/mol. The summed E-state index contributed by atoms with van der Waals surface area (Å²) in [6, 6.07) is 7.49. The van der Waals surface area contributed by atoms with Gasteiger partial charge in [-0.2, -0.15) is 0 Å². The highest BCUT2D eigenvalue weighted by Gasteiger charge is 2.27. The SMILES string of the molecule is NCC#Cc1ccccc1CN1CCOCC1C(N)=O. The first-order chi connectivity index (χ1) is 9.72. The van der Waals surface area contributed by atoms with Gasteiger partial charge >= 0.3 is 0 Å². The Morgan fingerprint density at radius 2 is 2.25 bits per heavy atom. The highest BCUT2D eigenvalue weighted by molar-refractivity contribution is 5.80. The molecule has 0 spiro atoms. The van der Waals surface area contributed by atoms with Gasteiger partial charge in [0.1, 0.15) is 6.04 Å². The number of nitrogens with zero attached hydrogens (tertiary/aromatic N) is 1. The maximum absolute atomic E-state index is 11.5. The van der Waals surface area contributed by atoms with Gasteiger partial charge < -0.3 is 16.2 Å². The van der Waals surface area contributed by atoms with Gasteiger partial charge in [0, 0.05) is 18.7 Å². The zero-order valence-corrected chi connectivity index (χ0v) is 11.3. The molecule has 1 fully saturated rings. The average Bonchev–Trinajstić information content (AvgIpc) is 2.47. The highest BCUT2D eigenvalue weighted by Crippen LogP contribution is 2.15. The van der Waals surface area contributed by atoms with E-state index in [1.807, 2.05) is 29.2 Å². The number of carbonyl (C=O) groups excluding carboxylic acids is 1. The van der Waals surface area contributed by atoms with Gasteiger partial charge in [-0.25, -0.2) is 0 Å². The molecule has 20 heavy (non-hydrogen) atoms. The van der Waals surface area contributed by atoms with Crippen LogP contribution in [0.4, 0.5) is 0 Å². The second kappa shape index (κ2) is 7.06. The van der Waals surface area contributed by atoms with E-state index in [1.165, 1.54) is 0 Å². The van der Waals surface area contributed by atoms with Crippen molar-refractivity contribution in [3.05, 3.63) is 35.4 Å². The fraction of sp³-hybridized carbons (Fsp3) is 0.400. The Morgan fingerprint density at radius 3 is 3.00 bits per heavy atom. The first-order valence-corrected chi connectivity index (χ1v) is 6.60. The molecule has 0 aliphatic carbocycles. The van der Waals surface area contributed by atoms with Crippen LogP contribution >= 0.6 is 0 Å². The number of hydrogen-bond donors (Lipinski definition) is 2. The second-order valence-electron chi connectivity index (χ2n) is 4.63. The van der Waals surface area contributed by atoms with E-state index in [9.17, 15) is 4.79 Å². The predicted octanol–water partition coefficient (Wildman–Crippen LogP) is -0.317. The summed E-state index contributed by atoms with van der Waals surface area (Å²) >= 11 is 0. The third-order valence-corrected chi connectivity index (χ3v) is 3.28. The first kappa shape index (κ1) is 14.5. The summed E-state index contributed by atoms with van der Waals surface area (Å²) in [5.74, 6) is 5.56. The molecule has 1 heterocycles. The zero-order valence-electron chi connectivity index (χ0n) is 11.3. The van der Waals surface area contributed by atoms with Gasteiger partial charge in [-0.3, -0.25) is 9.69 Å². The average molecular weight is 273 g/mol. The molecule has 1 aromatic rings. The van der Waals surface area contributed by atoms with Crippen molar-refractivity contribution >= 4 is 5.91 Å². The van der Waals surface area contributed by atoms with E-state index in [0.29, 0.717) is 32.8 Å². The van der Waals surface area contributed by atoms with Crippen LogP contribution in [0, 0.1) is 11.8 Å². The van der Waals surface area contributed by atoms with Crippen LogP contribution in [0.2, 0.25) is 0 Å². The maximum Gasteiger partial charge on any atom is 0.237 e. The van der Waals surface area contributed by atoms with Crippen LogP contribution in [-0.2, 0) is 16.1 Å². The fourth-order valence-electron chi connectivity index (χ4n) is 2.23. The topological polar surface area (TPSA) is 81.6 Å². The van der Waals surface area contributed by atoms with E-state index < -0.39 is 0 Å². The summed E-state index contributed by atoms with van der Waals surface area (Å²) < 4.78 is 5.32. The van der Waals surface area contributed by atoms with Gasteiger partial charge in [0.2, 0.25) is 5.91 Å². The number of hydrogen-bond acceptors (Lipinski definition) is 4. The van der Waals surface area contributed by atoms with E-state index in [0.717, 1.165) is 11.1 Å². The number of rotatable bonds is 3. The van der Waals surface area contributed by atoms with Crippen molar-refractivity contribution < 1.29 is 9.53 Å². The van der Waals surface area contributed by atoms with Crippen LogP contribution in [0.15, 0.2) is 24.3 Å². The summed E-state index contributed by atoms with van der Waals surface area (Å²) in [6.45, 7) is 2.61. The van der Waals surface area contributed by atoms with E-state index >= 15 is 0 Å². The number of carbonyl (C=O) groups is 1. The molecule has 1 atom stereocenters. The molecule has 0 radical (unpaired) electrons. The molecule has 1 amide bonds. The Labute approximate surface area is 118 Å². The van der Waals surface area contributed by atoms with Gasteiger partial charge in [-0.1, -0.05) is 30.0 Å². The molecule has 0 saturated carbocycles. The Bertz CT molecular complexity index is 533. The van der Waals surface area contributed by atoms with Crippen molar-refractivity contribution in [1.82, 2.24) is 4.90 Å². The lowest BCUT2D eigenvalue weighted by Crippen LogP contribution is -2.51. The van der Waals surface area contributed by atoms with Crippen LogP contribution in [0.1, 0.15) is 11.1 Å². The molecule has 1 unspecified atom stereocenters. The van der Waals surface area contributed by atoms with Gasteiger partial charge in [-0.15, -0.1) is 0 Å². The number of nitrogens with two attached hydrogens (primary N) is 2. The van der Waals surface area contributed by atoms with Crippen molar-refractivity contribution in [3.8, 4) is 11.8 Å². The third kappa shape index (κ3) is 3.58. The Morgan fingerprint density at radius 1 is 1.45 bits per heavy atom. The van der Waals surface area contributed by atoms with Crippen LogP contribution in [-0.4, -0.2) is 43.2 Å². The molecule has 0 bridgehead atoms. The normalized spacial score (nSPS) is 19.1. The molecule has 1 aromatic carbocycles. The van der Waals surface area contributed by atoms with Gasteiger partial charge in [-0.05, 0) is 11.6 Å². The number of primary amides is 1. The second-order valence-corrected chi connectivity index (χ2v) is 4.63. The third-order valence-electron chi connectivity index (χ3n) is 3.28. The molecule has 4 N–H and O–H groups in total. The molecule has 1 aliphatic rings. The number of ether oxygens (including phenoxy) is 1. The van der Waals surface area contributed by atoms with E-state index in [4.69, 9.17) is 16.2 Å². The monoisotopic (exact) mass is 273 g/mol.